The molecule has 1 aliphatic rings. The third-order valence-electron chi connectivity index (χ3n) is 3.67. The van der Waals surface area contributed by atoms with Gasteiger partial charge in [0.15, 0.2) is 0 Å². The first-order valence-corrected chi connectivity index (χ1v) is 7.79. The van der Waals surface area contributed by atoms with E-state index in [1.54, 1.807) is 0 Å². The van der Waals surface area contributed by atoms with Crippen molar-refractivity contribution in [2.45, 2.75) is 43.5 Å². The molecule has 3 heteroatoms. The van der Waals surface area contributed by atoms with E-state index in [0.29, 0.717) is 6.04 Å². The number of halogens is 2. The molecular weight excluding hydrogens is 298 g/mol. The third-order valence-corrected chi connectivity index (χ3v) is 4.62. The van der Waals surface area contributed by atoms with Gasteiger partial charge in [-0.3, -0.25) is 0 Å². The second-order valence-electron chi connectivity index (χ2n) is 4.82. The number of hydrogen-bond acceptors (Lipinski definition) is 1. The quantitative estimate of drug-likeness (QED) is 0.709. The summed E-state index contributed by atoms with van der Waals surface area (Å²) in [6.45, 7) is 0. The van der Waals surface area contributed by atoms with Gasteiger partial charge in [0.25, 0.3) is 0 Å². The zero-order chi connectivity index (χ0) is 12.3. The normalized spacial score (nSPS) is 17.1. The number of anilines is 1. The summed E-state index contributed by atoms with van der Waals surface area (Å²) < 4.78 is 0. The fourth-order valence-electron chi connectivity index (χ4n) is 2.58. The molecule has 0 radical (unpaired) electrons. The zero-order valence-corrected chi connectivity index (χ0v) is 12.6. The minimum absolute atomic E-state index is 0.663. The molecule has 0 N–H and O–H groups in total. The minimum atomic E-state index is 0.663. The fraction of sp³-hybridized carbons (Fsp3) is 0.571. The predicted octanol–water partition coefficient (Wildman–Crippen LogP) is 5.00. The van der Waals surface area contributed by atoms with Gasteiger partial charge in [0.1, 0.15) is 0 Å². The van der Waals surface area contributed by atoms with Crippen LogP contribution in [0.4, 0.5) is 5.69 Å². The highest BCUT2D eigenvalue weighted by atomic mass is 79.9. The van der Waals surface area contributed by atoms with Gasteiger partial charge in [0.05, 0.1) is 10.7 Å². The van der Waals surface area contributed by atoms with Crippen molar-refractivity contribution >= 4 is 33.2 Å². The van der Waals surface area contributed by atoms with E-state index in [1.807, 2.05) is 0 Å². The van der Waals surface area contributed by atoms with Gasteiger partial charge in [-0.15, -0.1) is 0 Å². The highest BCUT2D eigenvalue weighted by Gasteiger charge is 2.19. The average Bonchev–Trinajstić information content (AvgIpc) is 2.39. The molecule has 1 nitrogen and oxygen atoms in total. The van der Waals surface area contributed by atoms with E-state index in [1.165, 1.54) is 43.4 Å². The van der Waals surface area contributed by atoms with E-state index in [9.17, 15) is 0 Å². The smallest absolute Gasteiger partial charge is 0.0642 e. The molecule has 94 valence electrons. The van der Waals surface area contributed by atoms with Crippen molar-refractivity contribution in [3.8, 4) is 0 Å². The molecular formula is C14H19BrClN. The number of alkyl halides is 1. The first-order chi connectivity index (χ1) is 8.22. The Bertz CT molecular complexity index is 374. The standard InChI is InChI=1S/C14H19BrClN/c1-17(12-5-3-2-4-6-12)14-8-7-11(10-15)9-13(14)16/h7-9,12H,2-6,10H2,1H3. The van der Waals surface area contributed by atoms with Crippen LogP contribution in [0.2, 0.25) is 5.02 Å². The molecule has 1 aromatic rings. The molecule has 0 aromatic heterocycles. The van der Waals surface area contributed by atoms with Gasteiger partial charge in [-0.05, 0) is 30.5 Å². The lowest BCUT2D eigenvalue weighted by Crippen LogP contribution is -2.33. The molecule has 0 saturated heterocycles. The van der Waals surface area contributed by atoms with Crippen molar-refractivity contribution in [3.63, 3.8) is 0 Å². The van der Waals surface area contributed by atoms with Gasteiger partial charge in [-0.1, -0.05) is 52.9 Å². The van der Waals surface area contributed by atoms with Crippen LogP contribution in [0.25, 0.3) is 0 Å². The maximum Gasteiger partial charge on any atom is 0.0642 e. The summed E-state index contributed by atoms with van der Waals surface area (Å²) in [6, 6.07) is 7.02. The van der Waals surface area contributed by atoms with E-state index in [2.05, 4.69) is 46.1 Å². The molecule has 1 saturated carbocycles. The second-order valence-corrected chi connectivity index (χ2v) is 5.79. The summed E-state index contributed by atoms with van der Waals surface area (Å²) in [5.74, 6) is 0. The monoisotopic (exact) mass is 315 g/mol. The summed E-state index contributed by atoms with van der Waals surface area (Å²) in [5.41, 5.74) is 2.40. The lowest BCUT2D eigenvalue weighted by molar-refractivity contribution is 0.427. The lowest BCUT2D eigenvalue weighted by atomic mass is 9.94. The topological polar surface area (TPSA) is 3.24 Å². The number of hydrogen-bond donors (Lipinski definition) is 0. The molecule has 1 aliphatic carbocycles. The lowest BCUT2D eigenvalue weighted by Gasteiger charge is -2.33. The van der Waals surface area contributed by atoms with Gasteiger partial charge < -0.3 is 4.90 Å². The van der Waals surface area contributed by atoms with Crippen LogP contribution in [0.15, 0.2) is 18.2 Å². The molecule has 0 heterocycles. The largest absolute Gasteiger partial charge is 0.370 e. The summed E-state index contributed by atoms with van der Waals surface area (Å²) in [6.07, 6.45) is 6.69. The van der Waals surface area contributed by atoms with Crippen molar-refractivity contribution in [2.24, 2.45) is 0 Å². The van der Waals surface area contributed by atoms with Crippen LogP contribution >= 0.6 is 27.5 Å². The summed E-state index contributed by atoms with van der Waals surface area (Å²) in [5, 5.41) is 1.73. The first kappa shape index (κ1) is 13.2. The van der Waals surface area contributed by atoms with E-state index in [-0.39, 0.29) is 0 Å². The maximum absolute atomic E-state index is 6.36. The predicted molar refractivity (Wildman–Crippen MR) is 79.4 cm³/mol. The Labute approximate surface area is 117 Å². The van der Waals surface area contributed by atoms with Gasteiger partial charge in [-0.2, -0.15) is 0 Å². The Kier molecular flexibility index (Phi) is 4.75. The van der Waals surface area contributed by atoms with Crippen LogP contribution in [-0.4, -0.2) is 13.1 Å². The van der Waals surface area contributed by atoms with Crippen LogP contribution in [-0.2, 0) is 5.33 Å². The molecule has 0 spiro atoms. The highest BCUT2D eigenvalue weighted by Crippen LogP contribution is 2.32. The van der Waals surface area contributed by atoms with Crippen LogP contribution in [0, 0.1) is 0 Å². The van der Waals surface area contributed by atoms with Gasteiger partial charge in [0.2, 0.25) is 0 Å². The molecule has 2 rings (SSSR count). The van der Waals surface area contributed by atoms with E-state index in [0.717, 1.165) is 10.4 Å². The van der Waals surface area contributed by atoms with Crippen LogP contribution in [0.3, 0.4) is 0 Å². The van der Waals surface area contributed by atoms with Crippen molar-refractivity contribution in [2.75, 3.05) is 11.9 Å². The number of benzene rings is 1. The van der Waals surface area contributed by atoms with Crippen molar-refractivity contribution in [1.29, 1.82) is 0 Å². The second kappa shape index (κ2) is 6.10. The third kappa shape index (κ3) is 3.17. The maximum atomic E-state index is 6.36. The van der Waals surface area contributed by atoms with Gasteiger partial charge in [0, 0.05) is 18.4 Å². The molecule has 0 aliphatic heterocycles. The van der Waals surface area contributed by atoms with E-state index in [4.69, 9.17) is 11.6 Å². The van der Waals surface area contributed by atoms with Gasteiger partial charge in [-0.25, -0.2) is 0 Å². The molecule has 0 unspecified atom stereocenters. The summed E-state index contributed by atoms with van der Waals surface area (Å²) >= 11 is 9.82. The summed E-state index contributed by atoms with van der Waals surface area (Å²) in [4.78, 5) is 2.36. The van der Waals surface area contributed by atoms with Crippen molar-refractivity contribution < 1.29 is 0 Å². The van der Waals surface area contributed by atoms with Crippen molar-refractivity contribution in [3.05, 3.63) is 28.8 Å². The average molecular weight is 317 g/mol. The Balaban J connectivity index is 2.15. The number of rotatable bonds is 3. The van der Waals surface area contributed by atoms with Crippen LogP contribution in [0.1, 0.15) is 37.7 Å². The number of nitrogens with zero attached hydrogens (tertiary/aromatic N) is 1. The summed E-state index contributed by atoms with van der Waals surface area (Å²) in [7, 11) is 2.17. The zero-order valence-electron chi connectivity index (χ0n) is 10.3. The minimum Gasteiger partial charge on any atom is -0.370 e. The molecule has 0 bridgehead atoms. The Morgan fingerprint density at radius 3 is 2.59 bits per heavy atom. The molecule has 1 fully saturated rings. The van der Waals surface area contributed by atoms with Crippen LogP contribution < -0.4 is 4.90 Å². The molecule has 0 amide bonds. The van der Waals surface area contributed by atoms with E-state index < -0.39 is 0 Å². The van der Waals surface area contributed by atoms with Crippen molar-refractivity contribution in [1.82, 2.24) is 0 Å². The Morgan fingerprint density at radius 2 is 2.00 bits per heavy atom. The Morgan fingerprint density at radius 1 is 1.29 bits per heavy atom. The molecule has 1 aromatic carbocycles. The fourth-order valence-corrected chi connectivity index (χ4v) is 3.27. The first-order valence-electron chi connectivity index (χ1n) is 6.29. The van der Waals surface area contributed by atoms with Crippen LogP contribution in [0.5, 0.6) is 0 Å². The Hall–Kier alpha value is -0.210. The van der Waals surface area contributed by atoms with Gasteiger partial charge >= 0.3 is 0 Å². The molecule has 17 heavy (non-hydrogen) atoms. The highest BCUT2D eigenvalue weighted by molar-refractivity contribution is 9.08. The van der Waals surface area contributed by atoms with E-state index >= 15 is 0 Å². The SMILES string of the molecule is CN(c1ccc(CBr)cc1Cl)C1CCCCC1. The molecule has 0 atom stereocenters.